The van der Waals surface area contributed by atoms with Crippen LogP contribution in [-0.2, 0) is 10.0 Å². The van der Waals surface area contributed by atoms with Crippen molar-refractivity contribution in [3.05, 3.63) is 36.3 Å². The highest BCUT2D eigenvalue weighted by Gasteiger charge is 2.28. The summed E-state index contributed by atoms with van der Waals surface area (Å²) in [6.45, 7) is 10.3. The maximum Gasteiger partial charge on any atom is 0.243 e. The zero-order chi connectivity index (χ0) is 12.2. The average molecular weight is 241 g/mol. The maximum absolute atomic E-state index is 12.2. The van der Waals surface area contributed by atoms with Crippen molar-refractivity contribution in [2.75, 3.05) is 13.1 Å². The SMILES string of the molecule is C=C/C=C(\C=C)S(=O)(=O)N1CCCC(C)C1. The fourth-order valence-electron chi connectivity index (χ4n) is 1.89. The van der Waals surface area contributed by atoms with Gasteiger partial charge >= 0.3 is 0 Å². The van der Waals surface area contributed by atoms with E-state index >= 15 is 0 Å². The Morgan fingerprint density at radius 2 is 2.12 bits per heavy atom. The Balaban J connectivity index is 2.96. The van der Waals surface area contributed by atoms with Gasteiger partial charge in [-0.2, -0.15) is 4.31 Å². The van der Waals surface area contributed by atoms with Crippen LogP contribution in [0.5, 0.6) is 0 Å². The monoisotopic (exact) mass is 241 g/mol. The molecule has 0 amide bonds. The second-order valence-corrected chi connectivity index (χ2v) is 6.06. The minimum atomic E-state index is -3.36. The quantitative estimate of drug-likeness (QED) is 0.708. The predicted octanol–water partition coefficient (Wildman–Crippen LogP) is 2.30. The van der Waals surface area contributed by atoms with Gasteiger partial charge in [-0.1, -0.05) is 26.2 Å². The normalized spacial score (nSPS) is 24.1. The molecule has 1 fully saturated rings. The molecule has 0 radical (unpaired) electrons. The molecule has 0 saturated carbocycles. The number of nitrogens with zero attached hydrogens (tertiary/aromatic N) is 1. The van der Waals surface area contributed by atoms with Gasteiger partial charge in [0.05, 0.1) is 4.91 Å². The molecular weight excluding hydrogens is 222 g/mol. The van der Waals surface area contributed by atoms with E-state index in [0.29, 0.717) is 19.0 Å². The van der Waals surface area contributed by atoms with Gasteiger partial charge in [-0.25, -0.2) is 8.42 Å². The molecule has 0 bridgehead atoms. The molecule has 0 aromatic rings. The first kappa shape index (κ1) is 13.2. The fourth-order valence-corrected chi connectivity index (χ4v) is 3.49. The molecule has 4 heteroatoms. The highest BCUT2D eigenvalue weighted by atomic mass is 32.2. The zero-order valence-electron chi connectivity index (χ0n) is 9.72. The molecule has 1 rings (SSSR count). The van der Waals surface area contributed by atoms with Gasteiger partial charge in [0.15, 0.2) is 0 Å². The Morgan fingerprint density at radius 3 is 2.62 bits per heavy atom. The summed E-state index contributed by atoms with van der Waals surface area (Å²) >= 11 is 0. The Labute approximate surface area is 98.2 Å². The van der Waals surface area contributed by atoms with E-state index in [1.807, 2.05) is 0 Å². The van der Waals surface area contributed by atoms with Gasteiger partial charge in [-0.15, -0.1) is 0 Å². The van der Waals surface area contributed by atoms with Gasteiger partial charge < -0.3 is 0 Å². The van der Waals surface area contributed by atoms with Gasteiger partial charge in [0.1, 0.15) is 0 Å². The number of piperidine rings is 1. The summed E-state index contributed by atoms with van der Waals surface area (Å²) in [5.41, 5.74) is 0. The predicted molar refractivity (Wildman–Crippen MR) is 67.4 cm³/mol. The van der Waals surface area contributed by atoms with Gasteiger partial charge in [0, 0.05) is 13.1 Å². The molecule has 1 saturated heterocycles. The summed E-state index contributed by atoms with van der Waals surface area (Å²) in [4.78, 5) is 0.233. The molecule has 0 aliphatic carbocycles. The van der Waals surface area contributed by atoms with Crippen LogP contribution >= 0.6 is 0 Å². The first-order chi connectivity index (χ1) is 7.52. The molecule has 1 unspecified atom stereocenters. The van der Waals surface area contributed by atoms with Gasteiger partial charge in [-0.3, -0.25) is 0 Å². The Hall–Kier alpha value is -0.870. The molecule has 16 heavy (non-hydrogen) atoms. The molecule has 1 aliphatic rings. The molecule has 3 nitrogen and oxygen atoms in total. The van der Waals surface area contributed by atoms with E-state index in [0.717, 1.165) is 12.8 Å². The van der Waals surface area contributed by atoms with Crippen LogP contribution in [0.3, 0.4) is 0 Å². The van der Waals surface area contributed by atoms with Crippen molar-refractivity contribution in [2.24, 2.45) is 5.92 Å². The standard InChI is InChI=1S/C12H19NO2S/c1-4-7-12(5-2)16(14,15)13-9-6-8-11(3)10-13/h4-5,7,11H,1-2,6,8-10H2,3H3/b12-7+. The highest BCUT2D eigenvalue weighted by Crippen LogP contribution is 2.22. The number of hydrogen-bond acceptors (Lipinski definition) is 2. The smallest absolute Gasteiger partial charge is 0.207 e. The molecular formula is C12H19NO2S. The first-order valence-electron chi connectivity index (χ1n) is 5.47. The summed E-state index contributed by atoms with van der Waals surface area (Å²) < 4.78 is 25.9. The number of hydrogen-bond donors (Lipinski definition) is 0. The fraction of sp³-hybridized carbons (Fsp3) is 0.500. The third-order valence-corrected chi connectivity index (χ3v) is 4.65. The summed E-state index contributed by atoms with van der Waals surface area (Å²) in [5.74, 6) is 0.429. The van der Waals surface area contributed by atoms with Crippen LogP contribution in [0.1, 0.15) is 19.8 Å². The number of rotatable bonds is 4. The van der Waals surface area contributed by atoms with E-state index in [2.05, 4.69) is 20.1 Å². The molecule has 0 aromatic carbocycles. The van der Waals surface area contributed by atoms with Gasteiger partial charge in [0.25, 0.3) is 0 Å². The topological polar surface area (TPSA) is 37.4 Å². The first-order valence-corrected chi connectivity index (χ1v) is 6.91. The van der Waals surface area contributed by atoms with Crippen LogP contribution in [0.2, 0.25) is 0 Å². The van der Waals surface area contributed by atoms with Gasteiger partial charge in [0.2, 0.25) is 10.0 Å². The van der Waals surface area contributed by atoms with E-state index in [4.69, 9.17) is 0 Å². The number of sulfonamides is 1. The van der Waals surface area contributed by atoms with Crippen molar-refractivity contribution in [1.82, 2.24) is 4.31 Å². The highest BCUT2D eigenvalue weighted by molar-refractivity contribution is 7.93. The van der Waals surface area contributed by atoms with E-state index < -0.39 is 10.0 Å². The lowest BCUT2D eigenvalue weighted by atomic mass is 10.0. The lowest BCUT2D eigenvalue weighted by Gasteiger charge is -2.30. The Kier molecular flexibility index (Phi) is 4.50. The van der Waals surface area contributed by atoms with Crippen molar-refractivity contribution >= 4 is 10.0 Å². The van der Waals surface area contributed by atoms with Crippen molar-refractivity contribution in [3.8, 4) is 0 Å². The van der Waals surface area contributed by atoms with Crippen molar-refractivity contribution in [2.45, 2.75) is 19.8 Å². The minimum Gasteiger partial charge on any atom is -0.207 e. The minimum absolute atomic E-state index is 0.233. The molecule has 0 aromatic heterocycles. The van der Waals surface area contributed by atoms with Crippen molar-refractivity contribution in [3.63, 3.8) is 0 Å². The van der Waals surface area contributed by atoms with Crippen LogP contribution in [0, 0.1) is 5.92 Å². The molecule has 1 atom stereocenters. The summed E-state index contributed by atoms with van der Waals surface area (Å²) in [7, 11) is -3.36. The second kappa shape index (κ2) is 5.46. The maximum atomic E-state index is 12.2. The third kappa shape index (κ3) is 2.83. The largest absolute Gasteiger partial charge is 0.243 e. The van der Waals surface area contributed by atoms with E-state index in [9.17, 15) is 8.42 Å². The van der Waals surface area contributed by atoms with Gasteiger partial charge in [-0.05, 0) is 30.9 Å². The van der Waals surface area contributed by atoms with Crippen molar-refractivity contribution < 1.29 is 8.42 Å². The van der Waals surface area contributed by atoms with Crippen LogP contribution in [-0.4, -0.2) is 25.8 Å². The zero-order valence-corrected chi connectivity index (χ0v) is 10.5. The third-order valence-electron chi connectivity index (χ3n) is 2.74. The molecule has 0 N–H and O–H groups in total. The summed E-state index contributed by atoms with van der Waals surface area (Å²) in [6.07, 6.45) is 6.36. The Bertz CT molecular complexity index is 395. The van der Waals surface area contributed by atoms with Crippen LogP contribution in [0.4, 0.5) is 0 Å². The van der Waals surface area contributed by atoms with E-state index in [-0.39, 0.29) is 4.91 Å². The van der Waals surface area contributed by atoms with E-state index in [1.54, 1.807) is 0 Å². The van der Waals surface area contributed by atoms with Crippen LogP contribution in [0.15, 0.2) is 36.3 Å². The second-order valence-electron chi connectivity index (χ2n) is 4.12. The molecule has 0 spiro atoms. The van der Waals surface area contributed by atoms with Crippen molar-refractivity contribution in [1.29, 1.82) is 0 Å². The number of allylic oxidation sites excluding steroid dienone is 3. The summed E-state index contributed by atoms with van der Waals surface area (Å²) in [6, 6.07) is 0. The Morgan fingerprint density at radius 1 is 1.44 bits per heavy atom. The van der Waals surface area contributed by atoms with Crippen LogP contribution < -0.4 is 0 Å². The van der Waals surface area contributed by atoms with Crippen LogP contribution in [0.25, 0.3) is 0 Å². The van der Waals surface area contributed by atoms with E-state index in [1.165, 1.54) is 22.5 Å². The lowest BCUT2D eigenvalue weighted by Crippen LogP contribution is -2.39. The molecule has 1 heterocycles. The molecule has 1 aliphatic heterocycles. The average Bonchev–Trinajstić information content (AvgIpc) is 2.25. The lowest BCUT2D eigenvalue weighted by molar-refractivity contribution is 0.283. The molecule has 90 valence electrons. The summed E-state index contributed by atoms with van der Waals surface area (Å²) in [5, 5.41) is 0.